The van der Waals surface area contributed by atoms with Crippen LogP contribution in [0.5, 0.6) is 0 Å². The smallest absolute Gasteiger partial charge is 0.407 e. The first-order valence-electron chi connectivity index (χ1n) is 15.0. The molecule has 4 aromatic rings. The minimum Gasteiger partial charge on any atom is -0.444 e. The van der Waals surface area contributed by atoms with E-state index in [4.69, 9.17) is 4.74 Å². The fourth-order valence-electron chi connectivity index (χ4n) is 4.88. The van der Waals surface area contributed by atoms with Crippen molar-refractivity contribution in [3.05, 3.63) is 118 Å². The van der Waals surface area contributed by atoms with E-state index >= 15 is 0 Å². The first-order valence-corrected chi connectivity index (χ1v) is 15.9. The van der Waals surface area contributed by atoms with Gasteiger partial charge in [-0.2, -0.15) is 0 Å². The summed E-state index contributed by atoms with van der Waals surface area (Å²) >= 11 is 1.40. The van der Waals surface area contributed by atoms with Gasteiger partial charge in [0.05, 0.1) is 22.5 Å². The number of alkyl carbamates (subject to hydrolysis) is 1. The van der Waals surface area contributed by atoms with Crippen LogP contribution in [0.3, 0.4) is 0 Å². The number of nitrogens with zero attached hydrogens (tertiary/aromatic N) is 4. The predicted molar refractivity (Wildman–Crippen MR) is 175 cm³/mol. The molecule has 4 rings (SSSR count). The van der Waals surface area contributed by atoms with Gasteiger partial charge in [-0.1, -0.05) is 80.6 Å². The molecule has 3 N–H and O–H groups in total. The molecule has 0 unspecified atom stereocenters. The van der Waals surface area contributed by atoms with E-state index in [1.807, 2.05) is 91.7 Å². The molecule has 0 saturated carbocycles. The van der Waals surface area contributed by atoms with Gasteiger partial charge in [0.25, 0.3) is 0 Å². The first kappa shape index (κ1) is 33.7. The number of aliphatic hydroxyl groups is 1. The third kappa shape index (κ3) is 11.1. The summed E-state index contributed by atoms with van der Waals surface area (Å²) in [4.78, 5) is 37.3. The minimum atomic E-state index is -1.01. The molecule has 0 spiro atoms. The zero-order chi connectivity index (χ0) is 32.0. The van der Waals surface area contributed by atoms with Crippen LogP contribution in [0.1, 0.15) is 35.4 Å². The van der Waals surface area contributed by atoms with Gasteiger partial charge in [-0.05, 0) is 35.1 Å². The molecule has 0 saturated heterocycles. The fraction of sp³-hybridized carbons (Fsp3) is 0.353. The maximum atomic E-state index is 13.7. The standard InChI is InChI=1S/C34H42N6O4S/c1-25(2)32(33(42)39(3)20-28-15-10-16-35-18-28)38-40(21-27-13-8-5-9-14-27)22-31(41)30(17-26-11-6-4-7-12-26)37-34(43)44-23-29-19-36-24-45-29/h4-16,18-19,24-25,30-32,38,41H,17,20-23H2,1-3H3,(H,37,43)/t30-,31-,32-/m0/s1. The van der Waals surface area contributed by atoms with E-state index in [0.717, 1.165) is 21.6 Å². The van der Waals surface area contributed by atoms with Crippen molar-refractivity contribution in [3.63, 3.8) is 0 Å². The quantitative estimate of drug-likeness (QED) is 0.156. The molecule has 10 nitrogen and oxygen atoms in total. The summed E-state index contributed by atoms with van der Waals surface area (Å²) in [7, 11) is 1.78. The van der Waals surface area contributed by atoms with E-state index < -0.39 is 24.3 Å². The molecule has 0 aliphatic carbocycles. The van der Waals surface area contributed by atoms with Crippen molar-refractivity contribution in [1.82, 2.24) is 30.6 Å². The third-order valence-corrected chi connectivity index (χ3v) is 8.05. The Balaban J connectivity index is 1.51. The summed E-state index contributed by atoms with van der Waals surface area (Å²) in [6.45, 7) is 5.05. The van der Waals surface area contributed by atoms with Crippen molar-refractivity contribution in [1.29, 1.82) is 0 Å². The molecule has 0 bridgehead atoms. The lowest BCUT2D eigenvalue weighted by Crippen LogP contribution is -2.58. The summed E-state index contributed by atoms with van der Waals surface area (Å²) in [6, 6.07) is 22.1. The molecule has 2 aromatic heterocycles. The molecule has 238 valence electrons. The average molecular weight is 631 g/mol. The van der Waals surface area contributed by atoms with Gasteiger partial charge in [-0.3, -0.25) is 14.8 Å². The molecular weight excluding hydrogens is 588 g/mol. The van der Waals surface area contributed by atoms with Gasteiger partial charge in [0.2, 0.25) is 5.91 Å². The van der Waals surface area contributed by atoms with Gasteiger partial charge in [-0.25, -0.2) is 15.2 Å². The number of hydrogen-bond donors (Lipinski definition) is 3. The number of ether oxygens (including phenoxy) is 1. The number of benzene rings is 2. The van der Waals surface area contributed by atoms with Crippen LogP contribution in [-0.4, -0.2) is 68.8 Å². The summed E-state index contributed by atoms with van der Waals surface area (Å²) < 4.78 is 5.43. The summed E-state index contributed by atoms with van der Waals surface area (Å²) in [5, 5.41) is 16.4. The lowest BCUT2D eigenvalue weighted by Gasteiger charge is -2.35. The fourth-order valence-corrected chi connectivity index (χ4v) is 5.39. The maximum Gasteiger partial charge on any atom is 0.407 e. The zero-order valence-electron chi connectivity index (χ0n) is 26.0. The summed E-state index contributed by atoms with van der Waals surface area (Å²) in [6.07, 6.45) is 3.87. The summed E-state index contributed by atoms with van der Waals surface area (Å²) in [5.74, 6) is -0.128. The maximum absolute atomic E-state index is 13.7. The average Bonchev–Trinajstić information content (AvgIpc) is 3.57. The van der Waals surface area contributed by atoms with Gasteiger partial charge in [0, 0.05) is 45.3 Å². The second-order valence-corrected chi connectivity index (χ2v) is 12.3. The van der Waals surface area contributed by atoms with Gasteiger partial charge < -0.3 is 20.1 Å². The Labute approximate surface area is 269 Å². The normalized spacial score (nSPS) is 13.3. The van der Waals surface area contributed by atoms with E-state index in [9.17, 15) is 14.7 Å². The Bertz CT molecular complexity index is 1430. The van der Waals surface area contributed by atoms with E-state index in [1.54, 1.807) is 36.0 Å². The van der Waals surface area contributed by atoms with Crippen LogP contribution in [0, 0.1) is 5.92 Å². The van der Waals surface area contributed by atoms with Gasteiger partial charge in [0.1, 0.15) is 12.6 Å². The molecule has 2 heterocycles. The molecular formula is C34H42N6O4S. The number of rotatable bonds is 16. The Morgan fingerprint density at radius 2 is 1.60 bits per heavy atom. The van der Waals surface area contributed by atoms with Gasteiger partial charge in [-0.15, -0.1) is 11.3 Å². The van der Waals surface area contributed by atoms with Crippen molar-refractivity contribution in [2.45, 2.75) is 58.2 Å². The Morgan fingerprint density at radius 1 is 0.911 bits per heavy atom. The number of carbonyl (C=O) groups is 2. The second-order valence-electron chi connectivity index (χ2n) is 11.3. The number of likely N-dealkylation sites (N-methyl/N-ethyl adjacent to an activating group) is 1. The topological polar surface area (TPSA) is 120 Å². The Kier molecular flexibility index (Phi) is 13.0. The highest BCUT2D eigenvalue weighted by atomic mass is 32.1. The van der Waals surface area contributed by atoms with Crippen molar-refractivity contribution in [3.8, 4) is 0 Å². The molecule has 45 heavy (non-hydrogen) atoms. The highest BCUT2D eigenvalue weighted by molar-refractivity contribution is 7.09. The van der Waals surface area contributed by atoms with Gasteiger partial charge in [0.15, 0.2) is 0 Å². The van der Waals surface area contributed by atoms with Crippen molar-refractivity contribution < 1.29 is 19.4 Å². The Morgan fingerprint density at radius 3 is 2.22 bits per heavy atom. The number of thiazole rings is 1. The predicted octanol–water partition coefficient (Wildman–Crippen LogP) is 4.43. The second kappa shape index (κ2) is 17.4. The van der Waals surface area contributed by atoms with E-state index in [-0.39, 0.29) is 25.0 Å². The first-order chi connectivity index (χ1) is 21.8. The number of nitrogens with one attached hydrogen (secondary N) is 2. The minimum absolute atomic E-state index is 0.0516. The lowest BCUT2D eigenvalue weighted by atomic mass is 10.0. The van der Waals surface area contributed by atoms with Crippen molar-refractivity contribution in [2.75, 3.05) is 13.6 Å². The van der Waals surface area contributed by atoms with Crippen LogP contribution in [-0.2, 0) is 35.6 Å². The van der Waals surface area contributed by atoms with Gasteiger partial charge >= 0.3 is 6.09 Å². The highest BCUT2D eigenvalue weighted by Crippen LogP contribution is 2.14. The number of aromatic nitrogens is 2. The summed E-state index contributed by atoms with van der Waals surface area (Å²) in [5.41, 5.74) is 8.01. The highest BCUT2D eigenvalue weighted by Gasteiger charge is 2.30. The number of aliphatic hydroxyl groups excluding tert-OH is 1. The van der Waals surface area contributed by atoms with E-state index in [1.165, 1.54) is 11.3 Å². The largest absolute Gasteiger partial charge is 0.444 e. The zero-order valence-corrected chi connectivity index (χ0v) is 26.8. The Hall–Kier alpha value is -4.16. The number of carbonyl (C=O) groups excluding carboxylic acids is 2. The molecule has 0 aliphatic rings. The van der Waals surface area contributed by atoms with E-state index in [0.29, 0.717) is 19.5 Å². The van der Waals surface area contributed by atoms with Crippen LogP contribution in [0.2, 0.25) is 0 Å². The van der Waals surface area contributed by atoms with Crippen LogP contribution >= 0.6 is 11.3 Å². The van der Waals surface area contributed by atoms with Crippen molar-refractivity contribution in [2.24, 2.45) is 5.92 Å². The number of amides is 2. The molecule has 0 fully saturated rings. The van der Waals surface area contributed by atoms with Crippen LogP contribution < -0.4 is 10.7 Å². The number of pyridine rings is 1. The molecule has 2 aromatic carbocycles. The van der Waals surface area contributed by atoms with Crippen molar-refractivity contribution >= 4 is 23.3 Å². The van der Waals surface area contributed by atoms with Crippen LogP contribution in [0.4, 0.5) is 4.79 Å². The number of hydrogen-bond acceptors (Lipinski definition) is 9. The molecule has 0 radical (unpaired) electrons. The molecule has 11 heteroatoms. The molecule has 3 atom stereocenters. The third-order valence-electron chi connectivity index (χ3n) is 7.29. The molecule has 0 aliphatic heterocycles. The number of hydrazine groups is 1. The van der Waals surface area contributed by atoms with Crippen LogP contribution in [0.15, 0.2) is 96.9 Å². The molecule has 2 amide bonds. The van der Waals surface area contributed by atoms with Crippen LogP contribution in [0.25, 0.3) is 0 Å². The van der Waals surface area contributed by atoms with E-state index in [2.05, 4.69) is 20.7 Å². The SMILES string of the molecule is CC(C)[C@H](NN(Cc1ccccc1)C[C@H](O)[C@H](Cc1ccccc1)NC(=O)OCc1cncs1)C(=O)N(C)Cc1cccnc1. The monoisotopic (exact) mass is 630 g/mol. The lowest BCUT2D eigenvalue weighted by molar-refractivity contribution is -0.136.